The van der Waals surface area contributed by atoms with Gasteiger partial charge in [-0.2, -0.15) is 0 Å². The van der Waals surface area contributed by atoms with Gasteiger partial charge in [-0.3, -0.25) is 0 Å². The van der Waals surface area contributed by atoms with E-state index in [1.807, 2.05) is 0 Å². The highest BCUT2D eigenvalue weighted by molar-refractivity contribution is 9.08. The van der Waals surface area contributed by atoms with E-state index in [1.165, 1.54) is 12.1 Å². The average Bonchev–Trinajstić information content (AvgIpc) is 2.14. The van der Waals surface area contributed by atoms with Crippen molar-refractivity contribution < 1.29 is 13.9 Å². The molecule has 0 N–H and O–H groups in total. The minimum absolute atomic E-state index is 0.240. The van der Waals surface area contributed by atoms with Gasteiger partial charge >= 0.3 is 5.97 Å². The van der Waals surface area contributed by atoms with Gasteiger partial charge in [-0.05, 0) is 44.5 Å². The molecule has 0 unspecified atom stereocenters. The fourth-order valence-electron chi connectivity index (χ4n) is 1.18. The molecule has 2 nitrogen and oxygen atoms in total. The second-order valence-electron chi connectivity index (χ2n) is 4.48. The van der Waals surface area contributed by atoms with Gasteiger partial charge in [0, 0.05) is 5.33 Å². The van der Waals surface area contributed by atoms with Crippen molar-refractivity contribution in [3.8, 4) is 0 Å². The van der Waals surface area contributed by atoms with Crippen LogP contribution >= 0.6 is 15.9 Å². The van der Waals surface area contributed by atoms with Gasteiger partial charge < -0.3 is 4.74 Å². The van der Waals surface area contributed by atoms with E-state index in [2.05, 4.69) is 15.9 Å². The van der Waals surface area contributed by atoms with Crippen LogP contribution in [0.25, 0.3) is 0 Å². The number of benzene rings is 1. The standard InChI is InChI=1S/C12H14BrFO2/c1-12(2,3)16-11(15)9-4-8(7-13)5-10(14)6-9/h4-6H,7H2,1-3H3. The first-order valence-corrected chi connectivity index (χ1v) is 6.03. The number of hydrogen-bond acceptors (Lipinski definition) is 2. The smallest absolute Gasteiger partial charge is 0.338 e. The Bertz CT molecular complexity index is 396. The van der Waals surface area contributed by atoms with Gasteiger partial charge in [0.25, 0.3) is 0 Å². The van der Waals surface area contributed by atoms with Crippen LogP contribution in [0, 0.1) is 5.82 Å². The van der Waals surface area contributed by atoms with Gasteiger partial charge in [-0.1, -0.05) is 15.9 Å². The molecule has 1 aromatic carbocycles. The molecule has 88 valence electrons. The van der Waals surface area contributed by atoms with Crippen molar-refractivity contribution in [1.29, 1.82) is 0 Å². The lowest BCUT2D eigenvalue weighted by atomic mass is 10.1. The molecule has 0 saturated heterocycles. The number of hydrogen-bond donors (Lipinski definition) is 0. The molecule has 0 fully saturated rings. The summed E-state index contributed by atoms with van der Waals surface area (Å²) in [7, 11) is 0. The fourth-order valence-corrected chi connectivity index (χ4v) is 1.51. The minimum atomic E-state index is -0.571. The van der Waals surface area contributed by atoms with Crippen molar-refractivity contribution in [3.05, 3.63) is 35.1 Å². The van der Waals surface area contributed by atoms with E-state index in [0.29, 0.717) is 10.9 Å². The summed E-state index contributed by atoms with van der Waals surface area (Å²) >= 11 is 3.22. The number of carbonyl (C=O) groups is 1. The fraction of sp³-hybridized carbons (Fsp3) is 0.417. The van der Waals surface area contributed by atoms with E-state index in [9.17, 15) is 9.18 Å². The van der Waals surface area contributed by atoms with Crippen LogP contribution in [-0.4, -0.2) is 11.6 Å². The summed E-state index contributed by atoms with van der Waals surface area (Å²) in [6, 6.07) is 4.18. The Morgan fingerprint density at radius 3 is 2.50 bits per heavy atom. The Morgan fingerprint density at radius 2 is 2.00 bits per heavy atom. The highest BCUT2D eigenvalue weighted by Crippen LogP contribution is 2.16. The maximum Gasteiger partial charge on any atom is 0.338 e. The molecule has 0 radical (unpaired) electrons. The molecule has 0 aliphatic rings. The van der Waals surface area contributed by atoms with Crippen LogP contribution in [0.5, 0.6) is 0 Å². The third-order valence-electron chi connectivity index (χ3n) is 1.75. The van der Waals surface area contributed by atoms with E-state index >= 15 is 0 Å². The Hall–Kier alpha value is -0.900. The summed E-state index contributed by atoms with van der Waals surface area (Å²) in [6.45, 7) is 5.32. The molecule has 0 amide bonds. The van der Waals surface area contributed by atoms with Gasteiger partial charge in [-0.25, -0.2) is 9.18 Å². The third-order valence-corrected chi connectivity index (χ3v) is 2.39. The minimum Gasteiger partial charge on any atom is -0.456 e. The first-order valence-electron chi connectivity index (χ1n) is 4.90. The molecule has 0 aromatic heterocycles. The van der Waals surface area contributed by atoms with Gasteiger partial charge in [0.15, 0.2) is 0 Å². The van der Waals surface area contributed by atoms with Crippen LogP contribution in [0.3, 0.4) is 0 Å². The molecule has 0 bridgehead atoms. The summed E-state index contributed by atoms with van der Waals surface area (Å²) in [5.41, 5.74) is 0.378. The molecule has 0 atom stereocenters. The van der Waals surface area contributed by atoms with Crippen LogP contribution in [0.1, 0.15) is 36.7 Å². The first kappa shape index (κ1) is 13.2. The van der Waals surface area contributed by atoms with Crippen molar-refractivity contribution >= 4 is 21.9 Å². The highest BCUT2D eigenvalue weighted by atomic mass is 79.9. The topological polar surface area (TPSA) is 26.3 Å². The normalized spacial score (nSPS) is 11.3. The van der Waals surface area contributed by atoms with Gasteiger partial charge in [0.1, 0.15) is 11.4 Å². The summed E-state index contributed by atoms with van der Waals surface area (Å²) < 4.78 is 18.3. The molecule has 0 aliphatic heterocycles. The second kappa shape index (κ2) is 4.95. The quantitative estimate of drug-likeness (QED) is 0.613. The van der Waals surface area contributed by atoms with Crippen LogP contribution < -0.4 is 0 Å². The molecule has 0 spiro atoms. The van der Waals surface area contributed by atoms with Crippen molar-refractivity contribution in [1.82, 2.24) is 0 Å². The molecule has 4 heteroatoms. The summed E-state index contributed by atoms with van der Waals surface area (Å²) in [5, 5.41) is 0.501. The van der Waals surface area contributed by atoms with E-state index in [-0.39, 0.29) is 5.56 Å². The van der Waals surface area contributed by atoms with Gasteiger partial charge in [0.05, 0.1) is 5.56 Å². The molecular formula is C12H14BrFO2. The van der Waals surface area contributed by atoms with Crippen LogP contribution in [-0.2, 0) is 10.1 Å². The van der Waals surface area contributed by atoms with E-state index in [1.54, 1.807) is 26.8 Å². The zero-order valence-electron chi connectivity index (χ0n) is 9.51. The third kappa shape index (κ3) is 3.93. The number of alkyl halides is 1. The first-order chi connectivity index (χ1) is 7.31. The lowest BCUT2D eigenvalue weighted by Gasteiger charge is -2.19. The predicted octanol–water partition coefficient (Wildman–Crippen LogP) is 3.68. The Balaban J connectivity index is 2.95. The zero-order valence-corrected chi connectivity index (χ0v) is 11.1. The largest absolute Gasteiger partial charge is 0.456 e. The summed E-state index contributed by atoms with van der Waals surface area (Å²) in [5.74, 6) is -0.938. The van der Waals surface area contributed by atoms with E-state index < -0.39 is 17.4 Å². The average molecular weight is 289 g/mol. The maximum absolute atomic E-state index is 13.2. The van der Waals surface area contributed by atoms with E-state index in [0.717, 1.165) is 0 Å². The monoisotopic (exact) mass is 288 g/mol. The SMILES string of the molecule is CC(C)(C)OC(=O)c1cc(F)cc(CBr)c1. The lowest BCUT2D eigenvalue weighted by Crippen LogP contribution is -2.24. The van der Waals surface area contributed by atoms with Gasteiger partial charge in [0.2, 0.25) is 0 Å². The molecule has 0 heterocycles. The Kier molecular flexibility index (Phi) is 4.08. The summed E-state index contributed by atoms with van der Waals surface area (Å²) in [6.07, 6.45) is 0. The van der Waals surface area contributed by atoms with Gasteiger partial charge in [-0.15, -0.1) is 0 Å². The molecule has 16 heavy (non-hydrogen) atoms. The number of ether oxygens (including phenoxy) is 1. The number of carbonyl (C=O) groups excluding carboxylic acids is 1. The van der Waals surface area contributed by atoms with Crippen molar-refractivity contribution in [3.63, 3.8) is 0 Å². The summed E-state index contributed by atoms with van der Waals surface area (Å²) in [4.78, 5) is 11.7. The van der Waals surface area contributed by atoms with Crippen LogP contribution in [0.2, 0.25) is 0 Å². The predicted molar refractivity (Wildman–Crippen MR) is 64.2 cm³/mol. The number of rotatable bonds is 2. The zero-order chi connectivity index (χ0) is 12.3. The molecule has 1 rings (SSSR count). The van der Waals surface area contributed by atoms with Crippen LogP contribution in [0.15, 0.2) is 18.2 Å². The van der Waals surface area contributed by atoms with Crippen molar-refractivity contribution in [2.24, 2.45) is 0 Å². The lowest BCUT2D eigenvalue weighted by molar-refractivity contribution is 0.00689. The molecule has 0 aliphatic carbocycles. The molecular weight excluding hydrogens is 275 g/mol. The maximum atomic E-state index is 13.2. The number of halogens is 2. The van der Waals surface area contributed by atoms with Crippen LogP contribution in [0.4, 0.5) is 4.39 Å². The highest BCUT2D eigenvalue weighted by Gasteiger charge is 2.18. The second-order valence-corrected chi connectivity index (χ2v) is 5.04. The van der Waals surface area contributed by atoms with E-state index in [4.69, 9.17) is 4.74 Å². The Morgan fingerprint density at radius 1 is 1.38 bits per heavy atom. The molecule has 1 aromatic rings. The van der Waals surface area contributed by atoms with Crippen molar-refractivity contribution in [2.75, 3.05) is 0 Å². The van der Waals surface area contributed by atoms with Crippen molar-refractivity contribution in [2.45, 2.75) is 31.7 Å². The number of esters is 1. The molecule has 0 saturated carbocycles. The Labute approximate surface area is 103 Å².